The smallest absolute Gasteiger partial charge is 0.216 e. The first-order valence-electron chi connectivity index (χ1n) is 5.25. The molecule has 18 heavy (non-hydrogen) atoms. The number of alkyl halides is 3. The Hall–Kier alpha value is -1.02. The van der Waals surface area contributed by atoms with Gasteiger partial charge in [-0.25, -0.2) is 0 Å². The van der Waals surface area contributed by atoms with Crippen molar-refractivity contribution in [3.63, 3.8) is 0 Å². The molecule has 0 atom stereocenters. The Morgan fingerprint density at radius 1 is 0.833 bits per heavy atom. The number of carbonyl (C=O) groups is 1. The first-order chi connectivity index (χ1) is 8.48. The number of hydrogen-bond acceptors (Lipinski definition) is 1. The Kier molecular flexibility index (Phi) is 3.96. The average Bonchev–Trinajstić information content (AvgIpc) is 2.38. The summed E-state index contributed by atoms with van der Waals surface area (Å²) in [4.78, 5) is 12.2. The summed E-state index contributed by atoms with van der Waals surface area (Å²) < 4.78 is -1.52. The van der Waals surface area contributed by atoms with Crippen molar-refractivity contribution in [2.24, 2.45) is 0 Å². The predicted octanol–water partition coefficient (Wildman–Crippen LogP) is 4.74. The summed E-state index contributed by atoms with van der Waals surface area (Å²) in [7, 11) is 0. The molecule has 0 heterocycles. The Morgan fingerprint density at radius 2 is 1.44 bits per heavy atom. The van der Waals surface area contributed by atoms with Crippen LogP contribution in [0.15, 0.2) is 54.6 Å². The minimum atomic E-state index is -1.52. The van der Waals surface area contributed by atoms with Gasteiger partial charge in [-0.3, -0.25) is 4.79 Å². The number of benzene rings is 2. The molecule has 1 nitrogen and oxygen atoms in total. The van der Waals surface area contributed by atoms with E-state index in [1.54, 1.807) is 36.4 Å². The highest BCUT2D eigenvalue weighted by atomic mass is 35.6. The van der Waals surface area contributed by atoms with Crippen LogP contribution in [-0.2, 0) is 3.79 Å². The third-order valence-corrected chi connectivity index (χ3v) is 3.14. The van der Waals surface area contributed by atoms with Gasteiger partial charge in [0.2, 0.25) is 3.79 Å². The van der Waals surface area contributed by atoms with Crippen molar-refractivity contribution in [3.05, 3.63) is 71.3 Å². The lowest BCUT2D eigenvalue weighted by Crippen LogP contribution is -2.05. The number of halogens is 3. The van der Waals surface area contributed by atoms with E-state index in [-0.39, 0.29) is 5.78 Å². The van der Waals surface area contributed by atoms with Gasteiger partial charge >= 0.3 is 0 Å². The molecule has 0 saturated heterocycles. The zero-order valence-electron chi connectivity index (χ0n) is 9.24. The maximum atomic E-state index is 12.2. The molecule has 2 rings (SSSR count). The molecule has 92 valence electrons. The largest absolute Gasteiger partial charge is 0.289 e. The van der Waals surface area contributed by atoms with E-state index in [1.807, 2.05) is 18.2 Å². The molecule has 2 aromatic carbocycles. The van der Waals surface area contributed by atoms with Gasteiger partial charge in [0.1, 0.15) is 0 Å². The fourth-order valence-corrected chi connectivity index (χ4v) is 1.95. The van der Waals surface area contributed by atoms with Crippen molar-refractivity contribution >= 4 is 40.6 Å². The number of ketones is 1. The highest BCUT2D eigenvalue weighted by Crippen LogP contribution is 2.38. The lowest BCUT2D eigenvalue weighted by atomic mass is 10.0. The second-order valence-corrected chi connectivity index (χ2v) is 6.05. The van der Waals surface area contributed by atoms with Crippen LogP contribution >= 0.6 is 34.8 Å². The maximum absolute atomic E-state index is 12.2. The van der Waals surface area contributed by atoms with Crippen molar-refractivity contribution in [1.82, 2.24) is 0 Å². The van der Waals surface area contributed by atoms with Crippen LogP contribution < -0.4 is 0 Å². The summed E-state index contributed by atoms with van der Waals surface area (Å²) >= 11 is 17.4. The summed E-state index contributed by atoms with van der Waals surface area (Å²) in [5.74, 6) is -0.0910. The van der Waals surface area contributed by atoms with Crippen molar-refractivity contribution < 1.29 is 4.79 Å². The first kappa shape index (κ1) is 13.4. The van der Waals surface area contributed by atoms with Gasteiger partial charge in [0, 0.05) is 16.7 Å². The Balaban J connectivity index is 2.38. The fourth-order valence-electron chi connectivity index (χ4n) is 1.59. The summed E-state index contributed by atoms with van der Waals surface area (Å²) in [6.07, 6.45) is 0. The zero-order valence-corrected chi connectivity index (χ0v) is 11.5. The summed E-state index contributed by atoms with van der Waals surface area (Å²) in [5.41, 5.74) is 1.60. The molecule has 0 aromatic heterocycles. The molecule has 0 aliphatic heterocycles. The molecule has 0 aliphatic carbocycles. The van der Waals surface area contributed by atoms with E-state index < -0.39 is 3.79 Å². The van der Waals surface area contributed by atoms with Gasteiger partial charge in [0.15, 0.2) is 5.78 Å². The third kappa shape index (κ3) is 3.05. The van der Waals surface area contributed by atoms with E-state index in [4.69, 9.17) is 34.8 Å². The second-order valence-electron chi connectivity index (χ2n) is 3.77. The lowest BCUT2D eigenvalue weighted by molar-refractivity contribution is 0.103. The Bertz CT molecular complexity index is 559. The van der Waals surface area contributed by atoms with Crippen molar-refractivity contribution in [2.45, 2.75) is 3.79 Å². The van der Waals surface area contributed by atoms with Crippen LogP contribution in [0.4, 0.5) is 0 Å². The maximum Gasteiger partial charge on any atom is 0.216 e. The number of hydrogen-bond donors (Lipinski definition) is 0. The van der Waals surface area contributed by atoms with E-state index in [1.165, 1.54) is 0 Å². The molecule has 2 aromatic rings. The summed E-state index contributed by atoms with van der Waals surface area (Å²) in [6, 6.07) is 15.7. The molecule has 0 amide bonds. The minimum Gasteiger partial charge on any atom is -0.289 e. The quantitative estimate of drug-likeness (QED) is 0.578. The van der Waals surface area contributed by atoms with Crippen LogP contribution in [0.1, 0.15) is 21.5 Å². The highest BCUT2D eigenvalue weighted by molar-refractivity contribution is 6.66. The van der Waals surface area contributed by atoms with E-state index in [2.05, 4.69) is 0 Å². The van der Waals surface area contributed by atoms with Crippen molar-refractivity contribution in [1.29, 1.82) is 0 Å². The summed E-state index contributed by atoms with van der Waals surface area (Å²) in [5, 5.41) is 0. The molecule has 0 fully saturated rings. The molecular formula is C14H9Cl3O. The molecule has 0 aliphatic rings. The van der Waals surface area contributed by atoms with Gasteiger partial charge in [-0.15, -0.1) is 0 Å². The molecule has 0 radical (unpaired) electrons. The molecule has 0 saturated carbocycles. The highest BCUT2D eigenvalue weighted by Gasteiger charge is 2.23. The van der Waals surface area contributed by atoms with E-state index in [0.717, 1.165) is 0 Å². The minimum absolute atomic E-state index is 0.0910. The van der Waals surface area contributed by atoms with Gasteiger partial charge < -0.3 is 0 Å². The molecule has 0 unspecified atom stereocenters. The van der Waals surface area contributed by atoms with E-state index in [0.29, 0.717) is 16.7 Å². The predicted molar refractivity (Wildman–Crippen MR) is 75.6 cm³/mol. The topological polar surface area (TPSA) is 17.1 Å². The lowest BCUT2D eigenvalue weighted by Gasteiger charge is -2.12. The standard InChI is InChI=1S/C14H9Cl3O/c15-14(16,17)12-8-4-7-11(9-12)13(18)10-5-2-1-3-6-10/h1-9H. The number of rotatable bonds is 2. The van der Waals surface area contributed by atoms with Crippen LogP contribution in [0, 0.1) is 0 Å². The molecule has 0 spiro atoms. The molecule has 4 heteroatoms. The van der Waals surface area contributed by atoms with Gasteiger partial charge in [-0.2, -0.15) is 0 Å². The van der Waals surface area contributed by atoms with Crippen molar-refractivity contribution in [2.75, 3.05) is 0 Å². The Labute approximate surface area is 120 Å². The third-order valence-electron chi connectivity index (χ3n) is 2.49. The van der Waals surface area contributed by atoms with Gasteiger partial charge in [-0.1, -0.05) is 83.3 Å². The fraction of sp³-hybridized carbons (Fsp3) is 0.0714. The van der Waals surface area contributed by atoms with Gasteiger partial charge in [-0.05, 0) is 6.07 Å². The SMILES string of the molecule is O=C(c1ccccc1)c1cccc(C(Cl)(Cl)Cl)c1. The monoisotopic (exact) mass is 298 g/mol. The number of carbonyl (C=O) groups excluding carboxylic acids is 1. The van der Waals surface area contributed by atoms with Gasteiger partial charge in [0.05, 0.1) is 0 Å². The normalized spacial score (nSPS) is 11.3. The molecular weight excluding hydrogens is 291 g/mol. The Morgan fingerprint density at radius 3 is 2.06 bits per heavy atom. The van der Waals surface area contributed by atoms with Crippen LogP contribution in [0.3, 0.4) is 0 Å². The second kappa shape index (κ2) is 5.31. The summed E-state index contributed by atoms with van der Waals surface area (Å²) in [6.45, 7) is 0. The first-order valence-corrected chi connectivity index (χ1v) is 6.39. The zero-order chi connectivity index (χ0) is 13.2. The van der Waals surface area contributed by atoms with Crippen LogP contribution in [0.2, 0.25) is 0 Å². The average molecular weight is 300 g/mol. The van der Waals surface area contributed by atoms with Crippen molar-refractivity contribution in [3.8, 4) is 0 Å². The molecule has 0 N–H and O–H groups in total. The van der Waals surface area contributed by atoms with Crippen LogP contribution in [0.25, 0.3) is 0 Å². The van der Waals surface area contributed by atoms with Gasteiger partial charge in [0.25, 0.3) is 0 Å². The van der Waals surface area contributed by atoms with E-state index >= 15 is 0 Å². The van der Waals surface area contributed by atoms with Crippen LogP contribution in [-0.4, -0.2) is 5.78 Å². The molecule has 0 bridgehead atoms. The van der Waals surface area contributed by atoms with Crippen LogP contribution in [0.5, 0.6) is 0 Å². The van der Waals surface area contributed by atoms with E-state index in [9.17, 15) is 4.79 Å².